The first-order chi connectivity index (χ1) is 11.6. The highest BCUT2D eigenvalue weighted by Crippen LogP contribution is 2.30. The van der Waals surface area contributed by atoms with E-state index in [0.29, 0.717) is 0 Å². The van der Waals surface area contributed by atoms with E-state index < -0.39 is 34.7 Å². The summed E-state index contributed by atoms with van der Waals surface area (Å²) in [6.45, 7) is 1.45. The molecule has 1 amide bonds. The lowest BCUT2D eigenvalue weighted by Crippen LogP contribution is -2.25. The minimum atomic E-state index is -4.57. The quantitative estimate of drug-likeness (QED) is 0.830. The number of amides is 1. The molecule has 1 aromatic carbocycles. The van der Waals surface area contributed by atoms with E-state index in [1.165, 1.54) is 13.0 Å². The molecule has 1 heterocycles. The summed E-state index contributed by atoms with van der Waals surface area (Å²) in [5.74, 6) is -1.72. The lowest BCUT2D eigenvalue weighted by atomic mass is 10.1. The Hall–Kier alpha value is -3.10. The van der Waals surface area contributed by atoms with E-state index in [1.54, 1.807) is 0 Å². The number of aromatic nitrogens is 1. The molecule has 0 fully saturated rings. The average Bonchev–Trinajstić information content (AvgIpc) is 2.53. The van der Waals surface area contributed by atoms with Crippen LogP contribution in [0.15, 0.2) is 35.1 Å². The van der Waals surface area contributed by atoms with Gasteiger partial charge in [0.15, 0.2) is 0 Å². The maximum atomic E-state index is 12.7. The molecule has 0 bridgehead atoms. The van der Waals surface area contributed by atoms with E-state index in [-0.39, 0.29) is 16.9 Å². The first-order valence-electron chi connectivity index (χ1n) is 6.94. The molecule has 0 unspecified atom stereocenters. The minimum Gasteiger partial charge on any atom is -0.465 e. The molecule has 2 rings (SSSR count). The van der Waals surface area contributed by atoms with E-state index >= 15 is 0 Å². The molecule has 0 radical (unpaired) electrons. The first kappa shape index (κ1) is 18.2. The molecule has 0 saturated carbocycles. The summed E-state index contributed by atoms with van der Waals surface area (Å²) in [6, 6.07) is 4.99. The Morgan fingerprint density at radius 2 is 1.84 bits per heavy atom. The Bertz CT molecular complexity index is 888. The molecule has 0 spiro atoms. The third-order valence-electron chi connectivity index (χ3n) is 3.34. The van der Waals surface area contributed by atoms with Crippen molar-refractivity contribution in [1.29, 1.82) is 0 Å². The molecule has 0 aliphatic carbocycles. The van der Waals surface area contributed by atoms with Crippen LogP contribution in [0.4, 0.5) is 18.9 Å². The van der Waals surface area contributed by atoms with Gasteiger partial charge in [-0.2, -0.15) is 13.2 Å². The maximum absolute atomic E-state index is 12.7. The second-order valence-electron chi connectivity index (χ2n) is 5.08. The highest BCUT2D eigenvalue weighted by atomic mass is 19.4. The molecule has 9 heteroatoms. The van der Waals surface area contributed by atoms with Crippen molar-refractivity contribution in [3.63, 3.8) is 0 Å². The predicted molar refractivity (Wildman–Crippen MR) is 82.5 cm³/mol. The summed E-state index contributed by atoms with van der Waals surface area (Å²) >= 11 is 0. The Labute approximate surface area is 139 Å². The van der Waals surface area contributed by atoms with Gasteiger partial charge in [-0.05, 0) is 31.2 Å². The number of anilines is 1. The van der Waals surface area contributed by atoms with Gasteiger partial charge in [0.25, 0.3) is 11.5 Å². The number of benzene rings is 1. The van der Waals surface area contributed by atoms with E-state index in [0.717, 1.165) is 31.4 Å². The number of hydrogen-bond acceptors (Lipinski definition) is 4. The van der Waals surface area contributed by atoms with Crippen LogP contribution in [-0.4, -0.2) is 24.0 Å². The van der Waals surface area contributed by atoms with Gasteiger partial charge in [-0.3, -0.25) is 9.59 Å². The zero-order chi connectivity index (χ0) is 18.8. The largest absolute Gasteiger partial charge is 0.465 e. The summed E-state index contributed by atoms with van der Waals surface area (Å²) in [5.41, 5.74) is -2.13. The van der Waals surface area contributed by atoms with E-state index in [1.807, 2.05) is 0 Å². The monoisotopic (exact) mass is 354 g/mol. The molecular weight excluding hydrogens is 341 g/mol. The SMILES string of the molecule is COC(=O)c1cc(C(=O)Nc2cccc(C(F)(F)F)c2)c(=O)[nH]c1C. The van der Waals surface area contributed by atoms with E-state index in [9.17, 15) is 27.6 Å². The number of halogens is 3. The van der Waals surface area contributed by atoms with Crippen LogP contribution in [0, 0.1) is 6.92 Å². The number of methoxy groups -OCH3 is 1. The molecule has 1 aromatic heterocycles. The topological polar surface area (TPSA) is 88.3 Å². The Balaban J connectivity index is 2.36. The van der Waals surface area contributed by atoms with Crippen molar-refractivity contribution in [2.75, 3.05) is 12.4 Å². The molecule has 25 heavy (non-hydrogen) atoms. The van der Waals surface area contributed by atoms with Crippen molar-refractivity contribution in [1.82, 2.24) is 4.98 Å². The number of nitrogens with one attached hydrogen (secondary N) is 2. The van der Waals surface area contributed by atoms with Crippen molar-refractivity contribution >= 4 is 17.6 Å². The number of esters is 1. The Kier molecular flexibility index (Phi) is 4.96. The third kappa shape index (κ3) is 4.06. The standard InChI is InChI=1S/C16H13F3N2O4/c1-8-11(15(24)25-2)7-12(13(22)20-8)14(23)21-10-5-3-4-9(6-10)16(17,18)19/h3-7H,1-2H3,(H,20,22)(H,21,23). The number of hydrogen-bond donors (Lipinski definition) is 2. The van der Waals surface area contributed by atoms with Crippen LogP contribution in [0.1, 0.15) is 32.0 Å². The van der Waals surface area contributed by atoms with Crippen LogP contribution >= 0.6 is 0 Å². The minimum absolute atomic E-state index is 0.0312. The number of aromatic amines is 1. The fraction of sp³-hybridized carbons (Fsp3) is 0.188. The van der Waals surface area contributed by atoms with Crippen LogP contribution in [0.3, 0.4) is 0 Å². The molecule has 2 aromatic rings. The molecule has 132 valence electrons. The number of rotatable bonds is 3. The summed E-state index contributed by atoms with van der Waals surface area (Å²) < 4.78 is 42.6. The van der Waals surface area contributed by atoms with Crippen molar-refractivity contribution in [3.8, 4) is 0 Å². The third-order valence-corrected chi connectivity index (χ3v) is 3.34. The lowest BCUT2D eigenvalue weighted by Gasteiger charge is -2.10. The summed E-state index contributed by atoms with van der Waals surface area (Å²) in [4.78, 5) is 38.1. The number of carbonyl (C=O) groups is 2. The number of pyridine rings is 1. The van der Waals surface area contributed by atoms with E-state index in [2.05, 4.69) is 15.0 Å². The van der Waals surface area contributed by atoms with Crippen LogP contribution in [0.5, 0.6) is 0 Å². The summed E-state index contributed by atoms with van der Waals surface area (Å²) in [7, 11) is 1.13. The molecule has 0 atom stereocenters. The average molecular weight is 354 g/mol. The van der Waals surface area contributed by atoms with Crippen LogP contribution in [0.2, 0.25) is 0 Å². The molecule has 2 N–H and O–H groups in total. The van der Waals surface area contributed by atoms with Gasteiger partial charge in [0, 0.05) is 11.4 Å². The van der Waals surface area contributed by atoms with Crippen LogP contribution in [-0.2, 0) is 10.9 Å². The normalized spacial score (nSPS) is 11.1. The zero-order valence-corrected chi connectivity index (χ0v) is 13.2. The summed E-state index contributed by atoms with van der Waals surface area (Å²) in [5, 5.41) is 2.20. The number of ether oxygens (including phenoxy) is 1. The van der Waals surface area contributed by atoms with Crippen molar-refractivity contribution < 1.29 is 27.5 Å². The fourth-order valence-electron chi connectivity index (χ4n) is 2.09. The van der Waals surface area contributed by atoms with Crippen molar-refractivity contribution in [2.24, 2.45) is 0 Å². The Morgan fingerprint density at radius 3 is 2.44 bits per heavy atom. The molecule has 0 saturated heterocycles. The zero-order valence-electron chi connectivity index (χ0n) is 13.2. The first-order valence-corrected chi connectivity index (χ1v) is 6.94. The number of H-pyrrole nitrogens is 1. The highest BCUT2D eigenvalue weighted by molar-refractivity contribution is 6.05. The van der Waals surface area contributed by atoms with E-state index in [4.69, 9.17) is 0 Å². The number of aryl methyl sites for hydroxylation is 1. The van der Waals surface area contributed by atoms with Crippen molar-refractivity contribution in [3.05, 3.63) is 63.1 Å². The van der Waals surface area contributed by atoms with Crippen LogP contribution < -0.4 is 10.9 Å². The van der Waals surface area contributed by atoms with Gasteiger partial charge in [0.2, 0.25) is 0 Å². The fourth-order valence-corrected chi connectivity index (χ4v) is 2.09. The van der Waals surface area contributed by atoms with Crippen LogP contribution in [0.25, 0.3) is 0 Å². The van der Waals surface area contributed by atoms with Gasteiger partial charge in [0.1, 0.15) is 5.56 Å². The second-order valence-corrected chi connectivity index (χ2v) is 5.08. The van der Waals surface area contributed by atoms with Gasteiger partial charge in [-0.15, -0.1) is 0 Å². The van der Waals surface area contributed by atoms with Gasteiger partial charge in [0.05, 0.1) is 18.2 Å². The molecular formula is C16H13F3N2O4. The lowest BCUT2D eigenvalue weighted by molar-refractivity contribution is -0.137. The predicted octanol–water partition coefficient (Wildman–Crippen LogP) is 2.74. The molecule has 6 nitrogen and oxygen atoms in total. The van der Waals surface area contributed by atoms with Gasteiger partial charge in [-0.25, -0.2) is 4.79 Å². The molecule has 0 aliphatic heterocycles. The van der Waals surface area contributed by atoms with Gasteiger partial charge in [-0.1, -0.05) is 6.07 Å². The van der Waals surface area contributed by atoms with Gasteiger partial charge < -0.3 is 15.0 Å². The highest BCUT2D eigenvalue weighted by Gasteiger charge is 2.30. The summed E-state index contributed by atoms with van der Waals surface area (Å²) in [6.07, 6.45) is -4.57. The Morgan fingerprint density at radius 1 is 1.16 bits per heavy atom. The smallest absolute Gasteiger partial charge is 0.416 e. The van der Waals surface area contributed by atoms with Gasteiger partial charge >= 0.3 is 12.1 Å². The number of carbonyl (C=O) groups excluding carboxylic acids is 2. The number of alkyl halides is 3. The second kappa shape index (κ2) is 6.80. The molecule has 0 aliphatic rings. The van der Waals surface area contributed by atoms with Crippen molar-refractivity contribution in [2.45, 2.75) is 13.1 Å². The maximum Gasteiger partial charge on any atom is 0.416 e.